The monoisotopic (exact) mass is 286 g/mol. The van der Waals surface area contributed by atoms with Gasteiger partial charge in [0.2, 0.25) is 5.91 Å². The van der Waals surface area contributed by atoms with Gasteiger partial charge in [-0.3, -0.25) is 9.78 Å². The van der Waals surface area contributed by atoms with Crippen molar-refractivity contribution in [1.29, 1.82) is 0 Å². The average Bonchev–Trinajstić information content (AvgIpc) is 2.48. The topological polar surface area (TPSA) is 88.5 Å². The van der Waals surface area contributed by atoms with Gasteiger partial charge >= 0.3 is 5.97 Å². The second-order valence-electron chi connectivity index (χ2n) is 4.30. The minimum Gasteiger partial charge on any atom is -0.497 e. The molecular formula is C15H14N2O4. The number of ether oxygens (including phenoxy) is 1. The van der Waals surface area contributed by atoms with Crippen molar-refractivity contribution in [2.24, 2.45) is 0 Å². The lowest BCUT2D eigenvalue weighted by Gasteiger charge is -2.08. The Morgan fingerprint density at radius 3 is 2.57 bits per heavy atom. The fourth-order valence-electron chi connectivity index (χ4n) is 1.80. The van der Waals surface area contributed by atoms with Gasteiger partial charge < -0.3 is 15.2 Å². The summed E-state index contributed by atoms with van der Waals surface area (Å²) >= 11 is 0. The maximum absolute atomic E-state index is 11.9. The normalized spacial score (nSPS) is 9.95. The van der Waals surface area contributed by atoms with Crippen LogP contribution in [0.4, 0.5) is 5.69 Å². The smallest absolute Gasteiger partial charge is 0.337 e. The van der Waals surface area contributed by atoms with Crippen LogP contribution in [0.3, 0.4) is 0 Å². The molecule has 0 unspecified atom stereocenters. The van der Waals surface area contributed by atoms with Gasteiger partial charge in [0.1, 0.15) is 5.75 Å². The van der Waals surface area contributed by atoms with Crippen LogP contribution >= 0.6 is 0 Å². The first kappa shape index (κ1) is 14.5. The number of hydrogen-bond acceptors (Lipinski definition) is 4. The Kier molecular flexibility index (Phi) is 4.50. The molecule has 21 heavy (non-hydrogen) atoms. The van der Waals surface area contributed by atoms with Crippen molar-refractivity contribution < 1.29 is 19.4 Å². The first-order valence-electron chi connectivity index (χ1n) is 6.20. The highest BCUT2D eigenvalue weighted by atomic mass is 16.5. The SMILES string of the molecule is COc1ccc(CC(=O)Nc2cnccc2C(=O)O)cc1. The van der Waals surface area contributed by atoms with E-state index < -0.39 is 5.97 Å². The lowest BCUT2D eigenvalue weighted by molar-refractivity contribution is -0.115. The van der Waals surface area contributed by atoms with Crippen LogP contribution in [0.25, 0.3) is 0 Å². The quantitative estimate of drug-likeness (QED) is 0.877. The third kappa shape index (κ3) is 3.79. The van der Waals surface area contributed by atoms with E-state index in [1.165, 1.54) is 18.5 Å². The van der Waals surface area contributed by atoms with Crippen LogP contribution in [0.2, 0.25) is 0 Å². The Morgan fingerprint density at radius 2 is 1.95 bits per heavy atom. The van der Waals surface area contributed by atoms with Crippen LogP contribution < -0.4 is 10.1 Å². The second kappa shape index (κ2) is 6.51. The van der Waals surface area contributed by atoms with Gasteiger partial charge in [0.05, 0.1) is 31.0 Å². The fraction of sp³-hybridized carbons (Fsp3) is 0.133. The molecule has 0 spiro atoms. The van der Waals surface area contributed by atoms with Gasteiger partial charge in [-0.2, -0.15) is 0 Å². The van der Waals surface area contributed by atoms with E-state index in [4.69, 9.17) is 9.84 Å². The van der Waals surface area contributed by atoms with E-state index in [1.807, 2.05) is 0 Å². The predicted octanol–water partition coefficient (Wildman–Crippen LogP) is 1.97. The van der Waals surface area contributed by atoms with Gasteiger partial charge in [-0.1, -0.05) is 12.1 Å². The number of benzene rings is 1. The molecule has 0 radical (unpaired) electrons. The Labute approximate surface area is 121 Å². The summed E-state index contributed by atoms with van der Waals surface area (Å²) in [5.74, 6) is -0.715. The van der Waals surface area contributed by atoms with Crippen molar-refractivity contribution in [3.63, 3.8) is 0 Å². The Morgan fingerprint density at radius 1 is 1.24 bits per heavy atom. The van der Waals surface area contributed by atoms with Crippen molar-refractivity contribution in [3.8, 4) is 5.75 Å². The molecule has 0 saturated carbocycles. The highest BCUT2D eigenvalue weighted by Crippen LogP contribution is 2.15. The van der Waals surface area contributed by atoms with Crippen LogP contribution in [0.5, 0.6) is 5.75 Å². The Bertz CT molecular complexity index is 653. The second-order valence-corrected chi connectivity index (χ2v) is 4.30. The summed E-state index contributed by atoms with van der Waals surface area (Å²) in [6.07, 6.45) is 2.82. The number of nitrogens with zero attached hydrogens (tertiary/aromatic N) is 1. The Balaban J connectivity index is 2.06. The molecule has 0 bridgehead atoms. The third-order valence-corrected chi connectivity index (χ3v) is 2.85. The minimum atomic E-state index is -1.11. The molecule has 1 aromatic carbocycles. The number of anilines is 1. The fourth-order valence-corrected chi connectivity index (χ4v) is 1.80. The van der Waals surface area contributed by atoms with E-state index in [9.17, 15) is 9.59 Å². The number of pyridine rings is 1. The lowest BCUT2D eigenvalue weighted by Crippen LogP contribution is -2.17. The van der Waals surface area contributed by atoms with E-state index in [-0.39, 0.29) is 23.6 Å². The Hall–Kier alpha value is -2.89. The number of carbonyl (C=O) groups excluding carboxylic acids is 1. The molecular weight excluding hydrogens is 272 g/mol. The molecule has 108 valence electrons. The highest BCUT2D eigenvalue weighted by molar-refractivity contribution is 6.00. The number of nitrogens with one attached hydrogen (secondary N) is 1. The summed E-state index contributed by atoms with van der Waals surface area (Å²) in [5.41, 5.74) is 0.991. The first-order valence-corrected chi connectivity index (χ1v) is 6.20. The van der Waals surface area contributed by atoms with Gasteiger partial charge in [0.25, 0.3) is 0 Å². The molecule has 0 atom stereocenters. The number of amides is 1. The molecule has 0 aliphatic carbocycles. The lowest BCUT2D eigenvalue weighted by atomic mass is 10.1. The molecule has 6 heteroatoms. The molecule has 0 aliphatic heterocycles. The average molecular weight is 286 g/mol. The van der Waals surface area contributed by atoms with Gasteiger partial charge in [-0.05, 0) is 23.8 Å². The number of aromatic nitrogens is 1. The minimum absolute atomic E-state index is 0.00748. The summed E-state index contributed by atoms with van der Waals surface area (Å²) in [7, 11) is 1.57. The largest absolute Gasteiger partial charge is 0.497 e. The molecule has 0 fully saturated rings. The molecule has 0 saturated heterocycles. The predicted molar refractivity (Wildman–Crippen MR) is 76.5 cm³/mol. The highest BCUT2D eigenvalue weighted by Gasteiger charge is 2.12. The van der Waals surface area contributed by atoms with Gasteiger partial charge in [-0.15, -0.1) is 0 Å². The van der Waals surface area contributed by atoms with Crippen LogP contribution in [-0.2, 0) is 11.2 Å². The van der Waals surface area contributed by atoms with E-state index in [0.717, 1.165) is 5.56 Å². The summed E-state index contributed by atoms with van der Waals surface area (Å²) in [5, 5.41) is 11.6. The van der Waals surface area contributed by atoms with Crippen molar-refractivity contribution in [2.45, 2.75) is 6.42 Å². The van der Waals surface area contributed by atoms with Crippen molar-refractivity contribution in [3.05, 3.63) is 53.9 Å². The van der Waals surface area contributed by atoms with E-state index in [2.05, 4.69) is 10.3 Å². The molecule has 1 amide bonds. The zero-order valence-corrected chi connectivity index (χ0v) is 11.4. The van der Waals surface area contributed by atoms with E-state index in [0.29, 0.717) is 5.75 Å². The molecule has 0 aliphatic rings. The first-order chi connectivity index (χ1) is 10.1. The van der Waals surface area contributed by atoms with Crippen LogP contribution in [0.1, 0.15) is 15.9 Å². The molecule has 6 nitrogen and oxygen atoms in total. The molecule has 2 rings (SSSR count). The summed E-state index contributed by atoms with van der Waals surface area (Å²) < 4.78 is 5.04. The standard InChI is InChI=1S/C15H14N2O4/c1-21-11-4-2-10(3-5-11)8-14(18)17-13-9-16-7-6-12(13)15(19)20/h2-7,9H,8H2,1H3,(H,17,18)(H,19,20). The number of carbonyl (C=O) groups is 2. The van der Waals surface area contributed by atoms with Crippen LogP contribution in [0, 0.1) is 0 Å². The number of rotatable bonds is 5. The molecule has 1 heterocycles. The van der Waals surface area contributed by atoms with Gasteiger partial charge in [-0.25, -0.2) is 4.79 Å². The van der Waals surface area contributed by atoms with Gasteiger partial charge in [0.15, 0.2) is 0 Å². The van der Waals surface area contributed by atoms with E-state index >= 15 is 0 Å². The maximum atomic E-state index is 11.9. The van der Waals surface area contributed by atoms with Crippen molar-refractivity contribution >= 4 is 17.6 Å². The van der Waals surface area contributed by atoms with Crippen molar-refractivity contribution in [2.75, 3.05) is 12.4 Å². The number of hydrogen-bond donors (Lipinski definition) is 2. The summed E-state index contributed by atoms with van der Waals surface area (Å²) in [6, 6.07) is 8.41. The number of aromatic carboxylic acids is 1. The third-order valence-electron chi connectivity index (χ3n) is 2.85. The zero-order valence-electron chi connectivity index (χ0n) is 11.4. The summed E-state index contributed by atoms with van der Waals surface area (Å²) in [4.78, 5) is 26.8. The zero-order chi connectivity index (χ0) is 15.2. The van der Waals surface area contributed by atoms with Crippen LogP contribution in [0.15, 0.2) is 42.7 Å². The summed E-state index contributed by atoms with van der Waals surface area (Å²) in [6.45, 7) is 0. The number of carboxylic acids is 1. The number of methoxy groups -OCH3 is 1. The molecule has 2 aromatic rings. The maximum Gasteiger partial charge on any atom is 0.337 e. The number of carboxylic acid groups (broad SMARTS) is 1. The molecule has 2 N–H and O–H groups in total. The van der Waals surface area contributed by atoms with Crippen LogP contribution in [-0.4, -0.2) is 29.1 Å². The van der Waals surface area contributed by atoms with E-state index in [1.54, 1.807) is 31.4 Å². The molecule has 1 aromatic heterocycles. The van der Waals surface area contributed by atoms with Gasteiger partial charge in [0, 0.05) is 6.20 Å². The van der Waals surface area contributed by atoms with Crippen molar-refractivity contribution in [1.82, 2.24) is 4.98 Å².